The number of benzene rings is 1. The highest BCUT2D eigenvalue weighted by Crippen LogP contribution is 2.17. The summed E-state index contributed by atoms with van der Waals surface area (Å²) in [5.41, 5.74) is 9.57. The summed E-state index contributed by atoms with van der Waals surface area (Å²) in [6.07, 6.45) is 0.603. The Hall–Kier alpha value is -4.23. The number of nitrogens with zero attached hydrogens (tertiary/aromatic N) is 1. The molecule has 1 saturated heterocycles. The van der Waals surface area contributed by atoms with Gasteiger partial charge in [-0.1, -0.05) is 32.9 Å². The van der Waals surface area contributed by atoms with Crippen LogP contribution < -0.4 is 38.1 Å². The van der Waals surface area contributed by atoms with Crippen molar-refractivity contribution >= 4 is 35.5 Å². The topological polar surface area (TPSA) is 210 Å². The molecule has 0 bridgehead atoms. The number of hydrogen-bond acceptors (Lipinski definition) is 6. The number of aliphatic imine (C=N–C) groups is 1. The van der Waals surface area contributed by atoms with Gasteiger partial charge in [0.2, 0.25) is 29.5 Å². The van der Waals surface area contributed by atoms with Gasteiger partial charge in [-0.2, -0.15) is 0 Å². The fourth-order valence-corrected chi connectivity index (χ4v) is 4.10. The normalized spacial score (nSPS) is 24.3. The molecule has 1 aliphatic rings. The molecular formula is C27H41FN8O5. The molecule has 226 valence electrons. The summed E-state index contributed by atoms with van der Waals surface area (Å²) in [7, 11) is 0. The highest BCUT2D eigenvalue weighted by molar-refractivity contribution is 5.97. The van der Waals surface area contributed by atoms with E-state index in [0.29, 0.717) is 12.0 Å². The number of hydrogen-bond donors (Lipinski definition) is 7. The molecule has 0 radical (unpaired) electrons. The highest BCUT2D eigenvalue weighted by atomic mass is 19.1. The standard InChI is InChI=1S/C27H41FN8O5/c1-5-18-22(38)35-20(16-8-10-17(28)11-9-16)24(40)31-14-12-27(4,36-21(37)15(2)3)25(41)34-19(23(39)33-18)7-6-13-32-26(29)30/h8-11,15,18-20H,5-7,12-14H2,1-4H3,(H,31,40)(H,33,39)(H,34,41)(H,35,38)(H,36,37)(H4,29,30,32)/t18-,19-,20+,27+/m0/s1. The molecule has 1 aromatic rings. The summed E-state index contributed by atoms with van der Waals surface area (Å²) in [6, 6.07) is 1.72. The number of carbonyl (C=O) groups excluding carboxylic acids is 5. The van der Waals surface area contributed by atoms with E-state index in [4.69, 9.17) is 11.5 Å². The van der Waals surface area contributed by atoms with E-state index in [1.54, 1.807) is 20.8 Å². The van der Waals surface area contributed by atoms with Crippen molar-refractivity contribution in [3.8, 4) is 0 Å². The number of carbonyl (C=O) groups is 5. The van der Waals surface area contributed by atoms with Crippen LogP contribution in [0, 0.1) is 11.7 Å². The molecule has 41 heavy (non-hydrogen) atoms. The Balaban J connectivity index is 2.47. The molecule has 2 rings (SSSR count). The lowest BCUT2D eigenvalue weighted by Gasteiger charge is -2.33. The predicted octanol–water partition coefficient (Wildman–Crippen LogP) is -0.533. The quantitative estimate of drug-likeness (QED) is 0.122. The van der Waals surface area contributed by atoms with Crippen molar-refractivity contribution < 1.29 is 28.4 Å². The van der Waals surface area contributed by atoms with Crippen molar-refractivity contribution in [2.24, 2.45) is 22.4 Å². The average Bonchev–Trinajstić information content (AvgIpc) is 2.91. The molecule has 1 aromatic carbocycles. The maximum Gasteiger partial charge on any atom is 0.247 e. The number of nitrogens with two attached hydrogens (primary N) is 2. The van der Waals surface area contributed by atoms with Crippen LogP contribution in [0.15, 0.2) is 29.3 Å². The van der Waals surface area contributed by atoms with Crippen molar-refractivity contribution in [3.63, 3.8) is 0 Å². The van der Waals surface area contributed by atoms with E-state index < -0.39 is 64.9 Å². The number of nitrogens with one attached hydrogen (secondary N) is 5. The van der Waals surface area contributed by atoms with Crippen molar-refractivity contribution in [2.45, 2.75) is 77.0 Å². The van der Waals surface area contributed by atoms with Gasteiger partial charge in [-0.05, 0) is 50.3 Å². The Labute approximate surface area is 238 Å². The number of amides is 5. The van der Waals surface area contributed by atoms with Gasteiger partial charge in [0.15, 0.2) is 5.96 Å². The van der Waals surface area contributed by atoms with E-state index in [1.165, 1.54) is 19.1 Å². The monoisotopic (exact) mass is 576 g/mol. The Morgan fingerprint density at radius 3 is 2.27 bits per heavy atom. The highest BCUT2D eigenvalue weighted by Gasteiger charge is 2.38. The van der Waals surface area contributed by atoms with Crippen molar-refractivity contribution in [2.75, 3.05) is 13.1 Å². The van der Waals surface area contributed by atoms with E-state index in [9.17, 15) is 28.4 Å². The van der Waals surface area contributed by atoms with Gasteiger partial charge in [0.25, 0.3) is 0 Å². The lowest BCUT2D eigenvalue weighted by Crippen LogP contribution is -2.63. The van der Waals surface area contributed by atoms with Crippen LogP contribution in [0.25, 0.3) is 0 Å². The largest absolute Gasteiger partial charge is 0.370 e. The summed E-state index contributed by atoms with van der Waals surface area (Å²) >= 11 is 0. The molecule has 0 aliphatic carbocycles. The number of rotatable bonds is 8. The summed E-state index contributed by atoms with van der Waals surface area (Å²) in [6.45, 7) is 6.65. The van der Waals surface area contributed by atoms with Gasteiger partial charge >= 0.3 is 0 Å². The fourth-order valence-electron chi connectivity index (χ4n) is 4.10. The van der Waals surface area contributed by atoms with Crippen LogP contribution in [0.1, 0.15) is 65.0 Å². The van der Waals surface area contributed by atoms with Crippen LogP contribution >= 0.6 is 0 Å². The first-order valence-corrected chi connectivity index (χ1v) is 13.6. The van der Waals surface area contributed by atoms with Gasteiger partial charge < -0.3 is 38.1 Å². The van der Waals surface area contributed by atoms with Gasteiger partial charge in [-0.15, -0.1) is 0 Å². The van der Waals surface area contributed by atoms with Crippen LogP contribution in [0.4, 0.5) is 4.39 Å². The smallest absolute Gasteiger partial charge is 0.247 e. The van der Waals surface area contributed by atoms with Gasteiger partial charge in [0.05, 0.1) is 0 Å². The SMILES string of the molecule is CC[C@@H]1NC(=O)[C@H](CCCN=C(N)N)NC(=O)[C@](C)(NC(=O)C(C)C)CCNC(=O)[C@@H](c2ccc(F)cc2)NC1=O. The Morgan fingerprint density at radius 1 is 1.05 bits per heavy atom. The second-order valence-electron chi connectivity index (χ2n) is 10.5. The van der Waals surface area contributed by atoms with E-state index in [2.05, 4.69) is 31.6 Å². The molecule has 0 spiro atoms. The first-order chi connectivity index (χ1) is 19.3. The zero-order valence-electron chi connectivity index (χ0n) is 23.9. The summed E-state index contributed by atoms with van der Waals surface area (Å²) in [5.74, 6) is -4.01. The molecule has 1 fully saturated rings. The lowest BCUT2D eigenvalue weighted by atomic mass is 9.94. The maximum absolute atomic E-state index is 13.6. The van der Waals surface area contributed by atoms with Gasteiger partial charge in [-0.3, -0.25) is 29.0 Å². The van der Waals surface area contributed by atoms with Crippen molar-refractivity contribution in [1.29, 1.82) is 0 Å². The molecule has 1 heterocycles. The van der Waals surface area contributed by atoms with E-state index in [1.807, 2.05) is 0 Å². The van der Waals surface area contributed by atoms with Crippen LogP contribution in [-0.4, -0.2) is 66.2 Å². The Kier molecular flexibility index (Phi) is 12.0. The third-order valence-electron chi connectivity index (χ3n) is 6.71. The molecule has 0 saturated carbocycles. The molecule has 5 amide bonds. The zero-order valence-corrected chi connectivity index (χ0v) is 23.9. The van der Waals surface area contributed by atoms with E-state index in [0.717, 1.165) is 12.1 Å². The maximum atomic E-state index is 13.6. The van der Waals surface area contributed by atoms with Gasteiger partial charge in [0.1, 0.15) is 29.5 Å². The van der Waals surface area contributed by atoms with Crippen molar-refractivity contribution in [1.82, 2.24) is 26.6 Å². The second-order valence-corrected chi connectivity index (χ2v) is 10.5. The van der Waals surface area contributed by atoms with Crippen LogP contribution in [0.5, 0.6) is 0 Å². The van der Waals surface area contributed by atoms with Gasteiger partial charge in [-0.25, -0.2) is 4.39 Å². The summed E-state index contributed by atoms with van der Waals surface area (Å²) < 4.78 is 13.6. The molecule has 14 heteroatoms. The molecule has 1 aliphatic heterocycles. The molecule has 4 atom stereocenters. The minimum absolute atomic E-state index is 0.0347. The van der Waals surface area contributed by atoms with Crippen LogP contribution in [0.2, 0.25) is 0 Å². The van der Waals surface area contributed by atoms with Crippen molar-refractivity contribution in [3.05, 3.63) is 35.6 Å². The first kappa shape index (κ1) is 33.0. The minimum Gasteiger partial charge on any atom is -0.370 e. The molecule has 0 aromatic heterocycles. The van der Waals surface area contributed by atoms with E-state index >= 15 is 0 Å². The molecule has 0 unspecified atom stereocenters. The van der Waals surface area contributed by atoms with Crippen LogP contribution in [-0.2, 0) is 24.0 Å². The molecule has 9 N–H and O–H groups in total. The Bertz CT molecular complexity index is 1140. The average molecular weight is 577 g/mol. The predicted molar refractivity (Wildman–Crippen MR) is 150 cm³/mol. The third-order valence-corrected chi connectivity index (χ3v) is 6.71. The minimum atomic E-state index is -1.50. The molecular weight excluding hydrogens is 535 g/mol. The van der Waals surface area contributed by atoms with E-state index in [-0.39, 0.29) is 38.3 Å². The Morgan fingerprint density at radius 2 is 1.68 bits per heavy atom. The second kappa shape index (κ2) is 15.0. The molecule has 13 nitrogen and oxygen atoms in total. The first-order valence-electron chi connectivity index (χ1n) is 13.6. The summed E-state index contributed by atoms with van der Waals surface area (Å²) in [5, 5.41) is 13.4. The number of guanidine groups is 1. The summed E-state index contributed by atoms with van der Waals surface area (Å²) in [4.78, 5) is 69.9. The lowest BCUT2D eigenvalue weighted by molar-refractivity contribution is -0.138. The van der Waals surface area contributed by atoms with Gasteiger partial charge in [0, 0.05) is 19.0 Å². The zero-order chi connectivity index (χ0) is 30.7. The van der Waals surface area contributed by atoms with Crippen LogP contribution in [0.3, 0.4) is 0 Å². The number of halogens is 1. The fraction of sp³-hybridized carbons (Fsp3) is 0.556. The third kappa shape index (κ3) is 9.72.